The van der Waals surface area contributed by atoms with E-state index in [2.05, 4.69) is 12.7 Å². The average Bonchev–Trinajstić information content (AvgIpc) is 2.88. The number of allylic oxidation sites excluding steroid dienone is 3. The molecule has 0 saturated carbocycles. The van der Waals surface area contributed by atoms with Crippen LogP contribution in [0.2, 0.25) is 0 Å². The smallest absolute Gasteiger partial charge is 0.337 e. The zero-order chi connectivity index (χ0) is 20.8. The fraction of sp³-hybridized carbons (Fsp3) is 0.500. The summed E-state index contributed by atoms with van der Waals surface area (Å²) in [6.45, 7) is 10.6. The average molecular weight is 388 g/mol. The predicted molar refractivity (Wildman–Crippen MR) is 104 cm³/mol. The van der Waals surface area contributed by atoms with E-state index in [4.69, 9.17) is 14.2 Å². The molecule has 0 unspecified atom stereocenters. The van der Waals surface area contributed by atoms with Gasteiger partial charge in [0.25, 0.3) is 0 Å². The topological polar surface area (TPSA) is 78.9 Å². The van der Waals surface area contributed by atoms with Gasteiger partial charge in [-0.1, -0.05) is 29.9 Å². The summed E-state index contributed by atoms with van der Waals surface area (Å²) in [6, 6.07) is 0. The Balaban J connectivity index is 2.30. The number of rotatable bonds is 4. The van der Waals surface area contributed by atoms with Crippen molar-refractivity contribution in [3.05, 3.63) is 47.1 Å². The van der Waals surface area contributed by atoms with Gasteiger partial charge < -0.3 is 14.2 Å². The molecule has 0 spiro atoms. The molecule has 0 aromatic heterocycles. The first-order chi connectivity index (χ1) is 13.2. The van der Waals surface area contributed by atoms with Crippen LogP contribution in [0.3, 0.4) is 0 Å². The van der Waals surface area contributed by atoms with Gasteiger partial charge in [-0.2, -0.15) is 0 Å². The number of carbonyl (C=O) groups excluding carboxylic acids is 3. The first kappa shape index (κ1) is 21.7. The van der Waals surface area contributed by atoms with E-state index in [0.717, 1.165) is 24.0 Å². The van der Waals surface area contributed by atoms with Crippen molar-refractivity contribution >= 4 is 17.9 Å². The lowest BCUT2D eigenvalue weighted by Crippen LogP contribution is -2.34. The molecule has 2 aliphatic rings. The van der Waals surface area contributed by atoms with Gasteiger partial charge in [0.15, 0.2) is 0 Å². The lowest BCUT2D eigenvalue weighted by Gasteiger charge is -2.27. The number of esters is 3. The molecular weight excluding hydrogens is 360 g/mol. The summed E-state index contributed by atoms with van der Waals surface area (Å²) in [4.78, 5) is 35.9. The monoisotopic (exact) mass is 388 g/mol. The maximum absolute atomic E-state index is 12.7. The van der Waals surface area contributed by atoms with E-state index < -0.39 is 36.0 Å². The van der Waals surface area contributed by atoms with Gasteiger partial charge in [0.2, 0.25) is 0 Å². The normalized spacial score (nSPS) is 29.6. The van der Waals surface area contributed by atoms with Crippen LogP contribution in [0.4, 0.5) is 0 Å². The second-order valence-corrected chi connectivity index (χ2v) is 7.27. The highest BCUT2D eigenvalue weighted by Crippen LogP contribution is 2.36. The van der Waals surface area contributed by atoms with E-state index in [0.29, 0.717) is 12.0 Å². The van der Waals surface area contributed by atoms with Crippen molar-refractivity contribution in [2.45, 2.75) is 59.2 Å². The molecule has 0 amide bonds. The van der Waals surface area contributed by atoms with E-state index in [1.807, 2.05) is 19.9 Å². The SMILES string of the molecule is C=C1C(=O)O[C@@H]2/C=C(/C)CC/C=C(/C)C[C@@H](OC(=O)/C(=C/C)COC(C)=O)[C@@H]12. The number of carbonyl (C=O) groups is 3. The minimum absolute atomic E-state index is 0.157. The van der Waals surface area contributed by atoms with Crippen LogP contribution in [0.25, 0.3) is 0 Å². The summed E-state index contributed by atoms with van der Waals surface area (Å²) in [5.74, 6) is -1.98. The first-order valence-corrected chi connectivity index (χ1v) is 9.45. The minimum Gasteiger partial charge on any atom is -0.461 e. The van der Waals surface area contributed by atoms with Crippen LogP contribution < -0.4 is 0 Å². The standard InChI is InChI=1S/C22H28O6/c1-6-17(12-26-16(5)23)22(25)28-19-11-14(3)9-7-8-13(2)10-18-20(19)15(4)21(24)27-18/h6,9-10,18-20H,4,7-8,11-12H2,1-3,5H3/b13-10-,14-9-,17-6+/t18-,19-,20+/m1/s1. The van der Waals surface area contributed by atoms with Crippen molar-refractivity contribution < 1.29 is 28.6 Å². The zero-order valence-electron chi connectivity index (χ0n) is 16.9. The van der Waals surface area contributed by atoms with E-state index in [1.54, 1.807) is 13.0 Å². The molecule has 1 fully saturated rings. The van der Waals surface area contributed by atoms with E-state index in [9.17, 15) is 14.4 Å². The van der Waals surface area contributed by atoms with E-state index in [-0.39, 0.29) is 12.2 Å². The largest absolute Gasteiger partial charge is 0.461 e. The molecule has 2 rings (SSSR count). The molecule has 1 aliphatic carbocycles. The fourth-order valence-corrected chi connectivity index (χ4v) is 3.39. The molecule has 1 saturated heterocycles. The Morgan fingerprint density at radius 2 is 2.04 bits per heavy atom. The maximum atomic E-state index is 12.7. The van der Waals surface area contributed by atoms with Crippen molar-refractivity contribution in [1.29, 1.82) is 0 Å². The molecule has 1 aliphatic heterocycles. The molecule has 0 radical (unpaired) electrons. The number of ether oxygens (including phenoxy) is 3. The van der Waals surface area contributed by atoms with Gasteiger partial charge in [-0.3, -0.25) is 4.79 Å². The molecule has 3 atom stereocenters. The second-order valence-electron chi connectivity index (χ2n) is 7.27. The van der Waals surface area contributed by atoms with E-state index in [1.165, 1.54) is 6.92 Å². The van der Waals surface area contributed by atoms with Gasteiger partial charge in [0.05, 0.1) is 11.5 Å². The Kier molecular flexibility index (Phi) is 7.38. The van der Waals surface area contributed by atoms with Crippen LogP contribution in [-0.2, 0) is 28.6 Å². The summed E-state index contributed by atoms with van der Waals surface area (Å²) in [6.07, 6.45) is 6.70. The molecule has 0 bridgehead atoms. The van der Waals surface area contributed by atoms with Crippen molar-refractivity contribution in [3.63, 3.8) is 0 Å². The van der Waals surface area contributed by atoms with Crippen LogP contribution in [0.5, 0.6) is 0 Å². The van der Waals surface area contributed by atoms with Crippen LogP contribution in [-0.4, -0.2) is 36.7 Å². The molecule has 0 N–H and O–H groups in total. The number of hydrogen-bond donors (Lipinski definition) is 0. The Bertz CT molecular complexity index is 755. The van der Waals surface area contributed by atoms with Crippen molar-refractivity contribution in [1.82, 2.24) is 0 Å². The highest BCUT2D eigenvalue weighted by atomic mass is 16.6. The van der Waals surface area contributed by atoms with Crippen LogP contribution >= 0.6 is 0 Å². The Morgan fingerprint density at radius 3 is 2.68 bits per heavy atom. The molecule has 152 valence electrons. The summed E-state index contributed by atoms with van der Waals surface area (Å²) >= 11 is 0. The molecule has 1 heterocycles. The Labute approximate surface area is 165 Å². The minimum atomic E-state index is -0.609. The number of fused-ring (bicyclic) bond motifs is 1. The summed E-state index contributed by atoms with van der Waals surface area (Å²) in [5.41, 5.74) is 2.73. The molecule has 6 nitrogen and oxygen atoms in total. The van der Waals surface area contributed by atoms with E-state index >= 15 is 0 Å². The molecule has 0 aromatic carbocycles. The zero-order valence-corrected chi connectivity index (χ0v) is 16.9. The number of hydrogen-bond acceptors (Lipinski definition) is 6. The maximum Gasteiger partial charge on any atom is 0.337 e. The van der Waals surface area contributed by atoms with Gasteiger partial charge in [-0.15, -0.1) is 0 Å². The lowest BCUT2D eigenvalue weighted by atomic mass is 9.85. The third kappa shape index (κ3) is 5.44. The van der Waals surface area contributed by atoms with Gasteiger partial charge in [-0.05, 0) is 39.7 Å². The third-order valence-electron chi connectivity index (χ3n) is 4.97. The highest BCUT2D eigenvalue weighted by Gasteiger charge is 2.44. The summed E-state index contributed by atoms with van der Waals surface area (Å²) < 4.78 is 16.2. The second kappa shape index (κ2) is 9.53. The summed E-state index contributed by atoms with van der Waals surface area (Å²) in [5, 5.41) is 0. The fourth-order valence-electron chi connectivity index (χ4n) is 3.39. The first-order valence-electron chi connectivity index (χ1n) is 9.45. The lowest BCUT2D eigenvalue weighted by molar-refractivity contribution is -0.148. The van der Waals surface area contributed by atoms with Crippen LogP contribution in [0, 0.1) is 5.92 Å². The van der Waals surface area contributed by atoms with Gasteiger partial charge in [-0.25, -0.2) is 9.59 Å². The van der Waals surface area contributed by atoms with Gasteiger partial charge in [0.1, 0.15) is 18.8 Å². The molecular formula is C22H28O6. The Morgan fingerprint density at radius 1 is 1.32 bits per heavy atom. The quantitative estimate of drug-likeness (QED) is 0.317. The molecule has 6 heteroatoms. The van der Waals surface area contributed by atoms with Crippen molar-refractivity contribution in [2.24, 2.45) is 5.92 Å². The highest BCUT2D eigenvalue weighted by molar-refractivity contribution is 5.92. The van der Waals surface area contributed by atoms with Gasteiger partial charge >= 0.3 is 17.9 Å². The van der Waals surface area contributed by atoms with Crippen molar-refractivity contribution in [2.75, 3.05) is 6.61 Å². The third-order valence-corrected chi connectivity index (χ3v) is 4.97. The summed E-state index contributed by atoms with van der Waals surface area (Å²) in [7, 11) is 0. The molecule has 28 heavy (non-hydrogen) atoms. The predicted octanol–water partition coefficient (Wildman–Crippen LogP) is 3.58. The van der Waals surface area contributed by atoms with Gasteiger partial charge in [0, 0.05) is 18.9 Å². The van der Waals surface area contributed by atoms with Crippen LogP contribution in [0.15, 0.2) is 47.1 Å². The Hall–Kier alpha value is -2.63. The van der Waals surface area contributed by atoms with Crippen LogP contribution in [0.1, 0.15) is 47.0 Å². The van der Waals surface area contributed by atoms with Crippen molar-refractivity contribution in [3.8, 4) is 0 Å². The molecule has 0 aromatic rings.